The Bertz CT molecular complexity index is 2830. The topological polar surface area (TPSA) is 44.9 Å². The van der Waals surface area contributed by atoms with Crippen molar-refractivity contribution in [1.29, 1.82) is 0 Å². The van der Waals surface area contributed by atoms with Crippen LogP contribution in [-0.2, 0) is 39.7 Å². The molecule has 0 spiro atoms. The van der Waals surface area contributed by atoms with Crippen LogP contribution in [0.2, 0.25) is 0 Å². The van der Waals surface area contributed by atoms with Crippen LogP contribution in [0, 0.1) is 19.1 Å². The zero-order valence-corrected chi connectivity index (χ0v) is 34.0. The SMILES string of the molecule is CCc1cc(CC)c(-c2c(-c3ccccc3)nn(-c3[c-]c(Oc4[c-]c5c(cc4)c4ccccc4n5-c4cc(C)ccn4)ccc3)c2-c2ccccc2)c(CC)c1.[Pd+2]. The molecule has 6 heteroatoms. The molecule has 0 fully saturated rings. The summed E-state index contributed by atoms with van der Waals surface area (Å²) < 4.78 is 10.8. The van der Waals surface area contributed by atoms with E-state index in [2.05, 4.69) is 164 Å². The largest absolute Gasteiger partial charge is 2.00 e. The van der Waals surface area contributed by atoms with Crippen molar-refractivity contribution in [3.05, 3.63) is 180 Å². The predicted octanol–water partition coefficient (Wildman–Crippen LogP) is 12.8. The molecule has 0 radical (unpaired) electrons. The normalized spacial score (nSPS) is 11.2. The van der Waals surface area contributed by atoms with Gasteiger partial charge in [-0.2, -0.15) is 17.2 Å². The van der Waals surface area contributed by atoms with Crippen LogP contribution in [0.1, 0.15) is 43.0 Å². The third kappa shape index (κ3) is 7.01. The molecule has 0 N–H and O–H groups in total. The maximum Gasteiger partial charge on any atom is 2.00 e. The molecule has 0 aliphatic heterocycles. The number of fused-ring (bicyclic) bond motifs is 3. The van der Waals surface area contributed by atoms with Gasteiger partial charge in [-0.3, -0.25) is 4.68 Å². The van der Waals surface area contributed by atoms with Crippen LogP contribution in [0.3, 0.4) is 0 Å². The van der Waals surface area contributed by atoms with Gasteiger partial charge in [-0.1, -0.05) is 117 Å². The Morgan fingerprint density at radius 2 is 1.30 bits per heavy atom. The van der Waals surface area contributed by atoms with Gasteiger partial charge in [-0.25, -0.2) is 4.98 Å². The predicted molar refractivity (Wildman–Crippen MR) is 229 cm³/mol. The summed E-state index contributed by atoms with van der Waals surface area (Å²) in [5, 5.41) is 7.70. The van der Waals surface area contributed by atoms with Gasteiger partial charge in [0.05, 0.1) is 5.69 Å². The number of hydrogen-bond donors (Lipinski definition) is 0. The first-order chi connectivity index (χ1) is 27.5. The van der Waals surface area contributed by atoms with Crippen LogP contribution in [-0.4, -0.2) is 19.3 Å². The summed E-state index contributed by atoms with van der Waals surface area (Å²) >= 11 is 0. The van der Waals surface area contributed by atoms with E-state index in [0.717, 1.165) is 86.2 Å². The molecule has 0 saturated carbocycles. The van der Waals surface area contributed by atoms with E-state index in [9.17, 15) is 0 Å². The molecule has 0 unspecified atom stereocenters. The van der Waals surface area contributed by atoms with Crippen LogP contribution in [0.5, 0.6) is 11.5 Å². The minimum Gasteiger partial charge on any atom is -0.509 e. The van der Waals surface area contributed by atoms with Crippen molar-refractivity contribution in [2.45, 2.75) is 47.0 Å². The fourth-order valence-corrected chi connectivity index (χ4v) is 7.96. The molecule has 282 valence electrons. The zero-order chi connectivity index (χ0) is 38.2. The number of aromatic nitrogens is 4. The standard InChI is InChI=1S/C51H42N4O.Pd/c1-5-35-30-36(6-2)48(37(7-3)31-35)49-50(38-17-10-8-11-18-38)53-55(51(49)39-19-12-9-13-20-39)40-21-16-22-41(32-40)56-42-25-26-44-43-23-14-15-24-45(43)54(46(44)33-42)47-29-34(4)27-28-52-47;/h8-31H,5-7H2,1-4H3;/q-2;+2. The Morgan fingerprint density at radius 1 is 0.614 bits per heavy atom. The van der Waals surface area contributed by atoms with E-state index in [1.54, 1.807) is 0 Å². The number of nitrogens with zero attached hydrogens (tertiary/aromatic N) is 4. The molecule has 57 heavy (non-hydrogen) atoms. The van der Waals surface area contributed by atoms with Gasteiger partial charge in [0, 0.05) is 39.9 Å². The van der Waals surface area contributed by atoms with E-state index in [1.165, 1.54) is 22.3 Å². The fraction of sp³-hybridized carbons (Fsp3) is 0.137. The average molecular weight is 833 g/mol. The quantitative estimate of drug-likeness (QED) is 0.102. The van der Waals surface area contributed by atoms with E-state index in [1.807, 2.05) is 30.5 Å². The van der Waals surface area contributed by atoms with Crippen LogP contribution < -0.4 is 4.74 Å². The van der Waals surface area contributed by atoms with Crippen molar-refractivity contribution in [2.24, 2.45) is 0 Å². The Labute approximate surface area is 348 Å². The molecule has 9 rings (SSSR count). The van der Waals surface area contributed by atoms with E-state index < -0.39 is 0 Å². The second-order valence-corrected chi connectivity index (χ2v) is 14.2. The Morgan fingerprint density at radius 3 is 2.00 bits per heavy atom. The van der Waals surface area contributed by atoms with Crippen molar-refractivity contribution >= 4 is 21.8 Å². The summed E-state index contributed by atoms with van der Waals surface area (Å²) in [4.78, 5) is 4.74. The first-order valence-electron chi connectivity index (χ1n) is 19.5. The summed E-state index contributed by atoms with van der Waals surface area (Å²) in [6.07, 6.45) is 4.68. The van der Waals surface area contributed by atoms with Crippen molar-refractivity contribution in [3.63, 3.8) is 0 Å². The number of rotatable bonds is 10. The minimum atomic E-state index is 0. The van der Waals surface area contributed by atoms with E-state index >= 15 is 0 Å². The van der Waals surface area contributed by atoms with Crippen molar-refractivity contribution in [1.82, 2.24) is 19.3 Å². The first kappa shape index (κ1) is 37.8. The summed E-state index contributed by atoms with van der Waals surface area (Å²) in [7, 11) is 0. The van der Waals surface area contributed by atoms with Gasteiger partial charge in [-0.05, 0) is 83.3 Å². The van der Waals surface area contributed by atoms with E-state index in [-0.39, 0.29) is 20.4 Å². The van der Waals surface area contributed by atoms with Gasteiger partial charge in [-0.15, -0.1) is 35.7 Å². The number of pyridine rings is 1. The van der Waals surface area contributed by atoms with Gasteiger partial charge < -0.3 is 9.30 Å². The molecule has 0 bridgehead atoms. The summed E-state index contributed by atoms with van der Waals surface area (Å²) in [5.41, 5.74) is 14.4. The summed E-state index contributed by atoms with van der Waals surface area (Å²) in [6.45, 7) is 8.83. The molecule has 6 aromatic carbocycles. The Kier molecular flexibility index (Phi) is 10.8. The van der Waals surface area contributed by atoms with Crippen molar-refractivity contribution in [3.8, 4) is 56.6 Å². The maximum absolute atomic E-state index is 6.62. The minimum absolute atomic E-state index is 0. The number of hydrogen-bond acceptors (Lipinski definition) is 3. The van der Waals surface area contributed by atoms with Gasteiger partial charge >= 0.3 is 20.4 Å². The van der Waals surface area contributed by atoms with Crippen LogP contribution in [0.4, 0.5) is 0 Å². The summed E-state index contributed by atoms with van der Waals surface area (Å²) in [5.74, 6) is 2.01. The van der Waals surface area contributed by atoms with E-state index in [4.69, 9.17) is 14.8 Å². The summed E-state index contributed by atoms with van der Waals surface area (Å²) in [6, 6.07) is 55.8. The maximum atomic E-state index is 6.62. The first-order valence-corrected chi connectivity index (χ1v) is 19.5. The van der Waals surface area contributed by atoms with Gasteiger partial charge in [0.1, 0.15) is 11.5 Å². The van der Waals surface area contributed by atoms with Crippen LogP contribution >= 0.6 is 0 Å². The monoisotopic (exact) mass is 832 g/mol. The third-order valence-corrected chi connectivity index (χ3v) is 10.6. The second kappa shape index (κ2) is 16.2. The van der Waals surface area contributed by atoms with Crippen LogP contribution in [0.25, 0.3) is 67.0 Å². The third-order valence-electron chi connectivity index (χ3n) is 10.6. The molecular formula is C51H42N4OPd. The number of benzene rings is 6. The molecule has 0 aliphatic rings. The van der Waals surface area contributed by atoms with Gasteiger partial charge in [0.15, 0.2) is 0 Å². The fourth-order valence-electron chi connectivity index (χ4n) is 7.96. The van der Waals surface area contributed by atoms with Crippen LogP contribution in [0.15, 0.2) is 146 Å². The average Bonchev–Trinajstić information content (AvgIpc) is 3.80. The molecule has 3 heterocycles. The molecule has 0 amide bonds. The Hall–Kier alpha value is -6.06. The van der Waals surface area contributed by atoms with Crippen molar-refractivity contribution < 1.29 is 25.2 Å². The molecular weight excluding hydrogens is 791 g/mol. The van der Waals surface area contributed by atoms with Gasteiger partial charge in [0.25, 0.3) is 0 Å². The second-order valence-electron chi connectivity index (χ2n) is 14.2. The smallest absolute Gasteiger partial charge is 0.509 e. The van der Waals surface area contributed by atoms with Gasteiger partial charge in [0.2, 0.25) is 0 Å². The molecule has 0 saturated heterocycles. The van der Waals surface area contributed by atoms with E-state index in [0.29, 0.717) is 11.5 Å². The number of para-hydroxylation sites is 1. The molecule has 9 aromatic rings. The molecule has 3 aromatic heterocycles. The molecule has 5 nitrogen and oxygen atoms in total. The number of ether oxygens (including phenoxy) is 1. The molecule has 0 aliphatic carbocycles. The molecule has 0 atom stereocenters. The van der Waals surface area contributed by atoms with Crippen molar-refractivity contribution in [2.75, 3.05) is 0 Å². The number of aryl methyl sites for hydroxylation is 4. The Balaban J connectivity index is 0.00000455. The zero-order valence-electron chi connectivity index (χ0n) is 32.5.